The molecule has 1 fully saturated rings. The van der Waals surface area contributed by atoms with E-state index in [1.165, 1.54) is 43.5 Å². The zero-order valence-electron chi connectivity index (χ0n) is 11.3. The number of benzene rings is 1. The maximum Gasteiger partial charge on any atom is 0.230 e. The van der Waals surface area contributed by atoms with Crippen molar-refractivity contribution in [2.75, 3.05) is 5.75 Å². The van der Waals surface area contributed by atoms with Crippen LogP contribution in [0.2, 0.25) is 0 Å². The van der Waals surface area contributed by atoms with Crippen LogP contribution in [0.25, 0.3) is 0 Å². The Bertz CT molecular complexity index is 459. The lowest BCUT2D eigenvalue weighted by Crippen LogP contribution is -2.35. The Labute approximate surface area is 122 Å². The van der Waals surface area contributed by atoms with Crippen LogP contribution in [-0.2, 0) is 4.79 Å². The highest BCUT2D eigenvalue weighted by Crippen LogP contribution is 2.21. The second kappa shape index (κ2) is 7.62. The highest BCUT2D eigenvalue weighted by Gasteiger charge is 2.14. The van der Waals surface area contributed by atoms with Crippen molar-refractivity contribution in [3.63, 3.8) is 0 Å². The summed E-state index contributed by atoms with van der Waals surface area (Å²) < 4.78 is 25.8. The molecule has 1 amide bonds. The van der Waals surface area contributed by atoms with Gasteiger partial charge in [0.1, 0.15) is 0 Å². The van der Waals surface area contributed by atoms with Gasteiger partial charge in [0.05, 0.1) is 5.75 Å². The number of carbonyl (C=O) groups excluding carboxylic acids is 1. The molecule has 0 aromatic heterocycles. The molecule has 2 nitrogen and oxygen atoms in total. The summed E-state index contributed by atoms with van der Waals surface area (Å²) in [6.45, 7) is 0. The van der Waals surface area contributed by atoms with Crippen molar-refractivity contribution < 1.29 is 13.6 Å². The van der Waals surface area contributed by atoms with Gasteiger partial charge in [-0.15, -0.1) is 11.8 Å². The van der Waals surface area contributed by atoms with Gasteiger partial charge in [0, 0.05) is 10.9 Å². The molecule has 1 N–H and O–H groups in total. The van der Waals surface area contributed by atoms with E-state index in [0.29, 0.717) is 4.90 Å². The molecule has 0 radical (unpaired) electrons. The minimum absolute atomic E-state index is 0.0355. The number of halogens is 2. The van der Waals surface area contributed by atoms with Crippen LogP contribution in [0.5, 0.6) is 0 Å². The fourth-order valence-electron chi connectivity index (χ4n) is 2.41. The van der Waals surface area contributed by atoms with Crippen molar-refractivity contribution in [1.82, 2.24) is 5.32 Å². The molecule has 1 aliphatic carbocycles. The monoisotopic (exact) mass is 299 g/mol. The molecule has 0 heterocycles. The van der Waals surface area contributed by atoms with E-state index in [4.69, 9.17) is 0 Å². The number of hydrogen-bond acceptors (Lipinski definition) is 2. The van der Waals surface area contributed by atoms with E-state index in [-0.39, 0.29) is 17.7 Å². The van der Waals surface area contributed by atoms with Crippen LogP contribution < -0.4 is 5.32 Å². The van der Waals surface area contributed by atoms with Gasteiger partial charge in [-0.1, -0.05) is 25.7 Å². The molecule has 1 aromatic carbocycles. The molecule has 2 rings (SSSR count). The summed E-state index contributed by atoms with van der Waals surface area (Å²) in [4.78, 5) is 12.4. The Morgan fingerprint density at radius 2 is 1.85 bits per heavy atom. The van der Waals surface area contributed by atoms with Gasteiger partial charge in [0.2, 0.25) is 5.91 Å². The molecule has 110 valence electrons. The second-order valence-corrected chi connectivity index (χ2v) is 6.17. The minimum Gasteiger partial charge on any atom is -0.353 e. The zero-order valence-corrected chi connectivity index (χ0v) is 12.1. The highest BCUT2D eigenvalue weighted by atomic mass is 32.2. The first-order valence-corrected chi connectivity index (χ1v) is 8.01. The Morgan fingerprint density at radius 1 is 1.15 bits per heavy atom. The topological polar surface area (TPSA) is 29.1 Å². The molecule has 0 bridgehead atoms. The van der Waals surface area contributed by atoms with Crippen molar-refractivity contribution in [3.8, 4) is 0 Å². The van der Waals surface area contributed by atoms with Crippen molar-refractivity contribution >= 4 is 17.7 Å². The van der Waals surface area contributed by atoms with Gasteiger partial charge in [-0.2, -0.15) is 0 Å². The molecule has 1 aliphatic rings. The van der Waals surface area contributed by atoms with Crippen LogP contribution in [-0.4, -0.2) is 17.7 Å². The summed E-state index contributed by atoms with van der Waals surface area (Å²) in [5, 5.41) is 3.03. The average Bonchev–Trinajstić information content (AvgIpc) is 2.69. The third-order valence-electron chi connectivity index (χ3n) is 3.48. The molecule has 0 spiro atoms. The fourth-order valence-corrected chi connectivity index (χ4v) is 3.14. The fraction of sp³-hybridized carbons (Fsp3) is 0.533. The van der Waals surface area contributed by atoms with E-state index >= 15 is 0 Å². The average molecular weight is 299 g/mol. The number of rotatable bonds is 4. The van der Waals surface area contributed by atoms with Gasteiger partial charge in [0.25, 0.3) is 0 Å². The summed E-state index contributed by atoms with van der Waals surface area (Å²) in [7, 11) is 0. The van der Waals surface area contributed by atoms with Gasteiger partial charge >= 0.3 is 0 Å². The standard InChI is InChI=1S/C15H19F2NOS/c16-13-8-7-12(9-14(13)17)20-10-15(19)18-11-5-3-1-2-4-6-11/h7-9,11H,1-6,10H2,(H,18,19). The van der Waals surface area contributed by atoms with Crippen molar-refractivity contribution in [2.45, 2.75) is 49.5 Å². The number of carbonyl (C=O) groups is 1. The predicted octanol–water partition coefficient (Wildman–Crippen LogP) is 3.90. The first-order valence-electron chi connectivity index (χ1n) is 7.02. The maximum absolute atomic E-state index is 13.0. The van der Waals surface area contributed by atoms with Crippen molar-refractivity contribution in [2.24, 2.45) is 0 Å². The lowest BCUT2D eigenvalue weighted by atomic mass is 10.1. The maximum atomic E-state index is 13.0. The van der Waals surface area contributed by atoms with Gasteiger partial charge in [-0.25, -0.2) is 8.78 Å². The first kappa shape index (κ1) is 15.3. The van der Waals surface area contributed by atoms with Gasteiger partial charge in [-0.3, -0.25) is 4.79 Å². The van der Waals surface area contributed by atoms with Crippen LogP contribution in [0.1, 0.15) is 38.5 Å². The van der Waals surface area contributed by atoms with E-state index in [9.17, 15) is 13.6 Å². The largest absolute Gasteiger partial charge is 0.353 e. The third kappa shape index (κ3) is 4.78. The molecule has 1 saturated carbocycles. The van der Waals surface area contributed by atoms with E-state index in [2.05, 4.69) is 5.32 Å². The lowest BCUT2D eigenvalue weighted by molar-refractivity contribution is -0.119. The summed E-state index contributed by atoms with van der Waals surface area (Å²) in [6, 6.07) is 3.97. The zero-order chi connectivity index (χ0) is 14.4. The number of nitrogens with one attached hydrogen (secondary N) is 1. The lowest BCUT2D eigenvalue weighted by Gasteiger charge is -2.15. The van der Waals surface area contributed by atoms with E-state index in [1.54, 1.807) is 0 Å². The predicted molar refractivity (Wildman–Crippen MR) is 76.7 cm³/mol. The Balaban J connectivity index is 1.77. The van der Waals surface area contributed by atoms with E-state index < -0.39 is 11.6 Å². The Kier molecular flexibility index (Phi) is 5.83. The molecule has 0 unspecified atom stereocenters. The number of thioether (sulfide) groups is 1. The van der Waals surface area contributed by atoms with Gasteiger partial charge in [-0.05, 0) is 31.0 Å². The highest BCUT2D eigenvalue weighted by molar-refractivity contribution is 8.00. The van der Waals surface area contributed by atoms with Crippen molar-refractivity contribution in [1.29, 1.82) is 0 Å². The molecule has 0 aliphatic heterocycles. The summed E-state index contributed by atoms with van der Waals surface area (Å²) in [6.07, 6.45) is 6.91. The minimum atomic E-state index is -0.876. The van der Waals surface area contributed by atoms with Crippen LogP contribution in [0, 0.1) is 11.6 Å². The van der Waals surface area contributed by atoms with Crippen LogP contribution in [0.3, 0.4) is 0 Å². The van der Waals surface area contributed by atoms with Crippen LogP contribution in [0.15, 0.2) is 23.1 Å². The smallest absolute Gasteiger partial charge is 0.230 e. The van der Waals surface area contributed by atoms with Gasteiger partial charge < -0.3 is 5.32 Å². The van der Waals surface area contributed by atoms with Crippen LogP contribution in [0.4, 0.5) is 8.78 Å². The molecule has 0 atom stereocenters. The third-order valence-corrected chi connectivity index (χ3v) is 4.48. The summed E-state index contributed by atoms with van der Waals surface area (Å²) in [5.74, 6) is -1.54. The molecule has 5 heteroatoms. The van der Waals surface area contributed by atoms with Crippen LogP contribution >= 0.6 is 11.8 Å². The van der Waals surface area contributed by atoms with E-state index in [0.717, 1.165) is 25.0 Å². The molecular formula is C15H19F2NOS. The quantitative estimate of drug-likeness (QED) is 0.675. The Morgan fingerprint density at radius 3 is 2.50 bits per heavy atom. The Hall–Kier alpha value is -1.10. The molecule has 20 heavy (non-hydrogen) atoms. The summed E-state index contributed by atoms with van der Waals surface area (Å²) >= 11 is 1.23. The van der Waals surface area contributed by atoms with Crippen molar-refractivity contribution in [3.05, 3.63) is 29.8 Å². The molecule has 1 aromatic rings. The van der Waals surface area contributed by atoms with Gasteiger partial charge in [0.15, 0.2) is 11.6 Å². The molecule has 0 saturated heterocycles. The summed E-state index contributed by atoms with van der Waals surface area (Å²) in [5.41, 5.74) is 0. The van der Waals surface area contributed by atoms with E-state index in [1.807, 2.05) is 0 Å². The molecular weight excluding hydrogens is 280 g/mol. The second-order valence-electron chi connectivity index (χ2n) is 5.12. The first-order chi connectivity index (χ1) is 9.65. The number of amides is 1. The number of hydrogen-bond donors (Lipinski definition) is 1. The SMILES string of the molecule is O=C(CSc1ccc(F)c(F)c1)NC1CCCCCC1. The normalized spacial score (nSPS) is 16.7.